The molecule has 0 amide bonds. The van der Waals surface area contributed by atoms with Crippen LogP contribution >= 0.6 is 15.9 Å². The van der Waals surface area contributed by atoms with Gasteiger partial charge >= 0.3 is 11.9 Å². The van der Waals surface area contributed by atoms with E-state index in [1.165, 1.54) is 17.7 Å². The molecule has 2 aromatic carbocycles. The van der Waals surface area contributed by atoms with Gasteiger partial charge in [-0.2, -0.15) is 0 Å². The number of halogens is 1. The van der Waals surface area contributed by atoms with Gasteiger partial charge in [-0.05, 0) is 46.1 Å². The molecule has 0 radical (unpaired) electrons. The summed E-state index contributed by atoms with van der Waals surface area (Å²) in [7, 11) is 1.62. The molecule has 0 aliphatic heterocycles. The van der Waals surface area contributed by atoms with Crippen LogP contribution in [0.1, 0.15) is 31.8 Å². The zero-order valence-electron chi connectivity index (χ0n) is 13.9. The van der Waals surface area contributed by atoms with Gasteiger partial charge in [0.25, 0.3) is 0 Å². The molecule has 0 aliphatic carbocycles. The predicted molar refractivity (Wildman–Crippen MR) is 95.9 cm³/mol. The highest BCUT2D eigenvalue weighted by molar-refractivity contribution is 9.10. The van der Waals surface area contributed by atoms with Crippen molar-refractivity contribution >= 4 is 27.9 Å². The molecule has 0 bridgehead atoms. The van der Waals surface area contributed by atoms with Gasteiger partial charge in [-0.15, -0.1) is 0 Å². The van der Waals surface area contributed by atoms with Crippen molar-refractivity contribution in [1.29, 1.82) is 0 Å². The van der Waals surface area contributed by atoms with Gasteiger partial charge in [-0.3, -0.25) is 0 Å². The molecule has 0 aliphatic rings. The second kappa shape index (κ2) is 10.6. The summed E-state index contributed by atoms with van der Waals surface area (Å²) in [5, 5.41) is 17.5. The first-order valence-electron chi connectivity index (χ1n) is 7.24. The van der Waals surface area contributed by atoms with Gasteiger partial charge in [0.1, 0.15) is 6.79 Å². The van der Waals surface area contributed by atoms with Crippen molar-refractivity contribution in [3.8, 4) is 0 Å². The van der Waals surface area contributed by atoms with E-state index in [0.717, 1.165) is 0 Å². The van der Waals surface area contributed by atoms with Gasteiger partial charge in [0.2, 0.25) is 0 Å². The summed E-state index contributed by atoms with van der Waals surface area (Å²) in [6.07, 6.45) is 0. The van der Waals surface area contributed by atoms with E-state index >= 15 is 0 Å². The molecule has 2 aromatic rings. The van der Waals surface area contributed by atoms with Crippen LogP contribution in [0.4, 0.5) is 0 Å². The second-order valence-electron chi connectivity index (χ2n) is 5.02. The van der Waals surface area contributed by atoms with Gasteiger partial charge < -0.3 is 19.7 Å². The first-order chi connectivity index (χ1) is 11.9. The fraction of sp³-hybridized carbons (Fsp3) is 0.222. The van der Waals surface area contributed by atoms with Crippen molar-refractivity contribution in [3.05, 3.63) is 69.2 Å². The molecule has 25 heavy (non-hydrogen) atoms. The summed E-state index contributed by atoms with van der Waals surface area (Å²) < 4.78 is 9.99. The Morgan fingerprint density at radius 2 is 1.56 bits per heavy atom. The fourth-order valence-corrected chi connectivity index (χ4v) is 2.47. The summed E-state index contributed by atoms with van der Waals surface area (Å²) >= 11 is 2.95. The molecule has 0 atom stereocenters. The van der Waals surface area contributed by atoms with Crippen molar-refractivity contribution in [2.45, 2.75) is 13.5 Å². The Labute approximate surface area is 154 Å². The summed E-state index contributed by atoms with van der Waals surface area (Å²) in [4.78, 5) is 21.5. The maximum absolute atomic E-state index is 10.7. The van der Waals surface area contributed by atoms with Crippen LogP contribution in [0.25, 0.3) is 0 Å². The van der Waals surface area contributed by atoms with Crippen LogP contribution in [0, 0.1) is 6.92 Å². The highest BCUT2D eigenvalue weighted by Crippen LogP contribution is 2.23. The number of carbonyl (C=O) groups is 2. The van der Waals surface area contributed by atoms with Crippen LogP contribution in [0.5, 0.6) is 0 Å². The van der Waals surface area contributed by atoms with E-state index in [-0.39, 0.29) is 15.6 Å². The first-order valence-corrected chi connectivity index (χ1v) is 8.03. The monoisotopic (exact) mass is 410 g/mol. The lowest BCUT2D eigenvalue weighted by molar-refractivity contribution is -0.0390. The minimum atomic E-state index is -1.15. The Kier molecular flexibility index (Phi) is 8.83. The summed E-state index contributed by atoms with van der Waals surface area (Å²) in [5.74, 6) is -2.30. The average molecular weight is 411 g/mol. The summed E-state index contributed by atoms with van der Waals surface area (Å²) in [5.41, 5.74) is 1.69. The van der Waals surface area contributed by atoms with Crippen molar-refractivity contribution in [2.75, 3.05) is 13.9 Å². The number of hydrogen-bond acceptors (Lipinski definition) is 4. The molecular formula is C18H19BrO6. The van der Waals surface area contributed by atoms with E-state index in [4.69, 9.17) is 19.7 Å². The molecule has 134 valence electrons. The molecule has 0 heterocycles. The Bertz CT molecular complexity index is 680. The van der Waals surface area contributed by atoms with Gasteiger partial charge in [0, 0.05) is 11.6 Å². The number of aryl methyl sites for hydroxylation is 1. The minimum Gasteiger partial charge on any atom is -0.478 e. The van der Waals surface area contributed by atoms with Crippen LogP contribution < -0.4 is 0 Å². The lowest BCUT2D eigenvalue weighted by atomic mass is 10.1. The Hall–Kier alpha value is -2.22. The van der Waals surface area contributed by atoms with Gasteiger partial charge in [-0.25, -0.2) is 9.59 Å². The van der Waals surface area contributed by atoms with Crippen LogP contribution in [0.3, 0.4) is 0 Å². The maximum Gasteiger partial charge on any atom is 0.336 e. The van der Waals surface area contributed by atoms with Crippen LogP contribution in [0.15, 0.2) is 46.9 Å². The number of aromatic carboxylic acids is 2. The molecule has 0 saturated heterocycles. The number of rotatable bonds is 6. The Morgan fingerprint density at radius 3 is 2.00 bits per heavy atom. The third-order valence-corrected chi connectivity index (χ3v) is 3.84. The zero-order valence-corrected chi connectivity index (χ0v) is 15.4. The van der Waals surface area contributed by atoms with Crippen molar-refractivity contribution in [1.82, 2.24) is 0 Å². The lowest BCUT2D eigenvalue weighted by Gasteiger charge is -2.04. The number of carboxylic acids is 2. The zero-order chi connectivity index (χ0) is 18.8. The molecule has 2 N–H and O–H groups in total. The van der Waals surface area contributed by atoms with E-state index in [0.29, 0.717) is 19.0 Å². The van der Waals surface area contributed by atoms with Crippen LogP contribution in [0.2, 0.25) is 0 Å². The average Bonchev–Trinajstić information content (AvgIpc) is 2.58. The Morgan fingerprint density at radius 1 is 1.04 bits per heavy atom. The van der Waals surface area contributed by atoms with E-state index in [2.05, 4.69) is 15.9 Å². The molecule has 7 heteroatoms. The Balaban J connectivity index is 0.000000257. The van der Waals surface area contributed by atoms with Gasteiger partial charge in [0.05, 0.1) is 17.7 Å². The van der Waals surface area contributed by atoms with Crippen molar-refractivity contribution in [3.63, 3.8) is 0 Å². The minimum absolute atomic E-state index is 0.0394. The molecular weight excluding hydrogens is 392 g/mol. The standard InChI is InChI=1S/C9H7BrO4.C9H12O2/c1-4-2-5(8(11)12)7(10)6(3-4)9(13)14;1-10-8-11-7-9-5-3-2-4-6-9/h2-3H,1H3,(H,11,12)(H,13,14);2-6H,7-8H2,1H3. The summed E-state index contributed by atoms with van der Waals surface area (Å²) in [6.45, 7) is 2.62. The third kappa shape index (κ3) is 7.04. The highest BCUT2D eigenvalue weighted by Gasteiger charge is 2.16. The largest absolute Gasteiger partial charge is 0.478 e. The third-order valence-electron chi connectivity index (χ3n) is 2.99. The van der Waals surface area contributed by atoms with Crippen molar-refractivity contribution in [2.24, 2.45) is 0 Å². The van der Waals surface area contributed by atoms with Gasteiger partial charge in [-0.1, -0.05) is 30.3 Å². The number of benzene rings is 2. The normalized spacial score (nSPS) is 9.88. The van der Waals surface area contributed by atoms with E-state index in [9.17, 15) is 9.59 Å². The smallest absolute Gasteiger partial charge is 0.336 e. The number of carboxylic acid groups (broad SMARTS) is 2. The SMILES string of the molecule is COCOCc1ccccc1.Cc1cc(C(=O)O)c(Br)c(C(=O)O)c1. The van der Waals surface area contributed by atoms with Crippen molar-refractivity contribution < 1.29 is 29.3 Å². The fourth-order valence-electron chi connectivity index (χ4n) is 1.90. The lowest BCUT2D eigenvalue weighted by Crippen LogP contribution is -2.05. The quantitative estimate of drug-likeness (QED) is 0.552. The second-order valence-corrected chi connectivity index (χ2v) is 5.82. The molecule has 0 aromatic heterocycles. The topological polar surface area (TPSA) is 93.1 Å². The number of ether oxygens (including phenoxy) is 2. The summed E-state index contributed by atoms with van der Waals surface area (Å²) in [6, 6.07) is 12.8. The molecule has 0 saturated carbocycles. The molecule has 6 nitrogen and oxygen atoms in total. The maximum atomic E-state index is 10.7. The number of hydrogen-bond donors (Lipinski definition) is 2. The molecule has 0 fully saturated rings. The van der Waals surface area contributed by atoms with Gasteiger partial charge in [0.15, 0.2) is 0 Å². The number of methoxy groups -OCH3 is 1. The van der Waals surface area contributed by atoms with Crippen LogP contribution in [-0.2, 0) is 16.1 Å². The molecule has 0 spiro atoms. The van der Waals surface area contributed by atoms with E-state index in [1.807, 2.05) is 30.3 Å². The first kappa shape index (κ1) is 20.8. The van der Waals surface area contributed by atoms with Crippen LogP contribution in [-0.4, -0.2) is 36.1 Å². The van der Waals surface area contributed by atoms with E-state index < -0.39 is 11.9 Å². The predicted octanol–water partition coefficient (Wildman–Crippen LogP) is 3.96. The highest BCUT2D eigenvalue weighted by atomic mass is 79.9. The molecule has 2 rings (SSSR count). The molecule has 0 unspecified atom stereocenters. The van der Waals surface area contributed by atoms with E-state index in [1.54, 1.807) is 14.0 Å².